The molecule has 3 aromatic rings. The summed E-state index contributed by atoms with van der Waals surface area (Å²) in [4.78, 5) is 28.0. The van der Waals surface area contributed by atoms with Crippen LogP contribution in [0.5, 0.6) is 5.75 Å². The number of aliphatic hydroxyl groups excluding tert-OH is 1. The number of aliphatic hydroxyl groups is 1. The fraction of sp³-hybridized carbons (Fsp3) is 0.286. The minimum Gasteiger partial charge on any atom is -0.507 e. The maximum atomic E-state index is 13.3. The standard InChI is InChI=1S/C28H29NO5/c1-6-33-22-12-11-19(15-20(22)16(2)3)26(30)24-25(23-8-7-13-34-23)29(28(32)27(24)31)21-14-17(4)9-10-18(21)5/h7-16,25,30H,6H2,1-5H3/b26-24-. The summed E-state index contributed by atoms with van der Waals surface area (Å²) in [5.74, 6) is -0.430. The van der Waals surface area contributed by atoms with Crippen LogP contribution in [0.1, 0.15) is 60.7 Å². The molecule has 1 unspecified atom stereocenters. The fourth-order valence-corrected chi connectivity index (χ4v) is 4.37. The van der Waals surface area contributed by atoms with Gasteiger partial charge in [0.2, 0.25) is 0 Å². The average Bonchev–Trinajstić information content (AvgIpc) is 3.42. The Kier molecular flexibility index (Phi) is 6.33. The number of rotatable bonds is 6. The highest BCUT2D eigenvalue weighted by Crippen LogP contribution is 2.44. The normalized spacial score (nSPS) is 17.6. The van der Waals surface area contributed by atoms with Crippen LogP contribution < -0.4 is 9.64 Å². The number of benzene rings is 2. The first-order chi connectivity index (χ1) is 16.2. The van der Waals surface area contributed by atoms with Gasteiger partial charge in [-0.05, 0) is 79.8 Å². The minimum atomic E-state index is -0.885. The molecule has 0 bridgehead atoms. The number of aryl methyl sites for hydroxylation is 2. The van der Waals surface area contributed by atoms with Gasteiger partial charge in [0.1, 0.15) is 23.3 Å². The van der Waals surface area contributed by atoms with Crippen LogP contribution in [0.2, 0.25) is 0 Å². The monoisotopic (exact) mass is 459 g/mol. The number of ketones is 1. The number of amides is 1. The number of carbonyl (C=O) groups is 2. The molecule has 34 heavy (non-hydrogen) atoms. The van der Waals surface area contributed by atoms with E-state index in [0.29, 0.717) is 23.6 Å². The Balaban J connectivity index is 1.93. The molecule has 0 radical (unpaired) electrons. The van der Waals surface area contributed by atoms with Crippen LogP contribution in [0.3, 0.4) is 0 Å². The van der Waals surface area contributed by atoms with Crippen molar-refractivity contribution in [2.75, 3.05) is 11.5 Å². The smallest absolute Gasteiger partial charge is 0.300 e. The summed E-state index contributed by atoms with van der Waals surface area (Å²) in [5.41, 5.74) is 3.75. The average molecular weight is 460 g/mol. The number of furan rings is 1. The zero-order chi connectivity index (χ0) is 24.6. The maximum Gasteiger partial charge on any atom is 0.300 e. The fourth-order valence-electron chi connectivity index (χ4n) is 4.37. The minimum absolute atomic E-state index is 0.000257. The van der Waals surface area contributed by atoms with Gasteiger partial charge >= 0.3 is 0 Å². The second kappa shape index (κ2) is 9.21. The predicted molar refractivity (Wildman–Crippen MR) is 131 cm³/mol. The van der Waals surface area contributed by atoms with Crippen LogP contribution >= 0.6 is 0 Å². The van der Waals surface area contributed by atoms with E-state index in [9.17, 15) is 14.7 Å². The van der Waals surface area contributed by atoms with Crippen LogP contribution in [-0.2, 0) is 9.59 Å². The van der Waals surface area contributed by atoms with Gasteiger partial charge in [-0.15, -0.1) is 0 Å². The molecule has 1 saturated heterocycles. The van der Waals surface area contributed by atoms with Crippen molar-refractivity contribution in [3.8, 4) is 5.75 Å². The lowest BCUT2D eigenvalue weighted by Gasteiger charge is -2.25. The third-order valence-electron chi connectivity index (χ3n) is 6.09. The topological polar surface area (TPSA) is 80.0 Å². The molecule has 6 nitrogen and oxygen atoms in total. The van der Waals surface area contributed by atoms with E-state index in [2.05, 4.69) is 0 Å². The van der Waals surface area contributed by atoms with Gasteiger partial charge in [0.25, 0.3) is 11.7 Å². The number of ether oxygens (including phenoxy) is 1. The van der Waals surface area contributed by atoms with Crippen molar-refractivity contribution >= 4 is 23.1 Å². The molecule has 2 heterocycles. The molecule has 0 aliphatic carbocycles. The molecule has 2 aromatic carbocycles. The predicted octanol–water partition coefficient (Wildman–Crippen LogP) is 6.04. The molecule has 1 atom stereocenters. The van der Waals surface area contributed by atoms with Gasteiger partial charge in [0.15, 0.2) is 0 Å². The third kappa shape index (κ3) is 4.00. The molecule has 6 heteroatoms. The summed E-state index contributed by atoms with van der Waals surface area (Å²) < 4.78 is 11.4. The van der Waals surface area contributed by atoms with E-state index in [1.165, 1.54) is 11.2 Å². The molecule has 1 fully saturated rings. The molecule has 4 rings (SSSR count). The van der Waals surface area contributed by atoms with Gasteiger partial charge in [-0.2, -0.15) is 0 Å². The van der Waals surface area contributed by atoms with Crippen LogP contribution in [0.25, 0.3) is 5.76 Å². The lowest BCUT2D eigenvalue weighted by atomic mass is 9.95. The molecular weight excluding hydrogens is 430 g/mol. The van der Waals surface area contributed by atoms with Crippen molar-refractivity contribution in [1.82, 2.24) is 0 Å². The van der Waals surface area contributed by atoms with Gasteiger partial charge in [0, 0.05) is 11.3 Å². The van der Waals surface area contributed by atoms with E-state index in [1.54, 1.807) is 24.3 Å². The second-order valence-corrected chi connectivity index (χ2v) is 8.81. The summed E-state index contributed by atoms with van der Waals surface area (Å²) in [7, 11) is 0. The van der Waals surface area contributed by atoms with Crippen LogP contribution in [0, 0.1) is 13.8 Å². The highest BCUT2D eigenvalue weighted by Gasteiger charge is 2.48. The van der Waals surface area contributed by atoms with Crippen LogP contribution in [-0.4, -0.2) is 23.4 Å². The van der Waals surface area contributed by atoms with Gasteiger partial charge in [0.05, 0.1) is 18.4 Å². The number of anilines is 1. The van der Waals surface area contributed by atoms with Crippen molar-refractivity contribution in [2.24, 2.45) is 0 Å². The molecule has 1 aromatic heterocycles. The van der Waals surface area contributed by atoms with Gasteiger partial charge in [-0.3, -0.25) is 14.5 Å². The molecule has 1 amide bonds. The molecule has 1 N–H and O–H groups in total. The molecule has 1 aliphatic heterocycles. The van der Waals surface area contributed by atoms with E-state index in [0.717, 1.165) is 22.4 Å². The Labute approximate surface area is 199 Å². The number of carbonyl (C=O) groups excluding carboxylic acids is 2. The molecule has 1 aliphatic rings. The van der Waals surface area contributed by atoms with Crippen LogP contribution in [0.15, 0.2) is 64.8 Å². The van der Waals surface area contributed by atoms with Crippen molar-refractivity contribution in [3.05, 3.63) is 88.4 Å². The lowest BCUT2D eigenvalue weighted by Crippen LogP contribution is -2.30. The molecule has 0 saturated carbocycles. The summed E-state index contributed by atoms with van der Waals surface area (Å²) in [6.45, 7) is 10.3. The van der Waals surface area contributed by atoms with E-state index in [1.807, 2.05) is 58.9 Å². The number of Topliss-reactive ketones (excluding diaryl/α,β-unsaturated/α-hetero) is 1. The maximum absolute atomic E-state index is 13.3. The zero-order valence-corrected chi connectivity index (χ0v) is 20.1. The van der Waals surface area contributed by atoms with Crippen molar-refractivity contribution in [2.45, 2.75) is 46.6 Å². The molecule has 0 spiro atoms. The first-order valence-corrected chi connectivity index (χ1v) is 11.4. The first kappa shape index (κ1) is 23.4. The summed E-state index contributed by atoms with van der Waals surface area (Å²) in [6.07, 6.45) is 1.49. The quantitative estimate of drug-likeness (QED) is 0.276. The Bertz CT molecular complexity index is 1270. The highest BCUT2D eigenvalue weighted by molar-refractivity contribution is 6.51. The zero-order valence-electron chi connectivity index (χ0n) is 20.1. The largest absolute Gasteiger partial charge is 0.507 e. The van der Waals surface area contributed by atoms with Crippen LogP contribution in [0.4, 0.5) is 5.69 Å². The van der Waals surface area contributed by atoms with Crippen molar-refractivity contribution in [3.63, 3.8) is 0 Å². The molecule has 176 valence electrons. The summed E-state index contributed by atoms with van der Waals surface area (Å²) >= 11 is 0. The Hall–Kier alpha value is -3.80. The number of hydrogen-bond acceptors (Lipinski definition) is 5. The number of nitrogens with zero attached hydrogens (tertiary/aromatic N) is 1. The van der Waals surface area contributed by atoms with Gasteiger partial charge < -0.3 is 14.3 Å². The van der Waals surface area contributed by atoms with E-state index in [4.69, 9.17) is 9.15 Å². The highest BCUT2D eigenvalue weighted by atomic mass is 16.5. The molecular formula is C28H29NO5. The van der Waals surface area contributed by atoms with E-state index >= 15 is 0 Å². The first-order valence-electron chi connectivity index (χ1n) is 11.4. The van der Waals surface area contributed by atoms with E-state index < -0.39 is 17.7 Å². The Morgan fingerprint density at radius 2 is 1.88 bits per heavy atom. The SMILES string of the molecule is CCOc1ccc(/C(O)=C2/C(=O)C(=O)N(c3cc(C)ccc3C)C2c2ccco2)cc1C(C)C. The summed E-state index contributed by atoms with van der Waals surface area (Å²) in [5, 5.41) is 11.4. The summed E-state index contributed by atoms with van der Waals surface area (Å²) in [6, 6.07) is 13.6. The Morgan fingerprint density at radius 1 is 1.12 bits per heavy atom. The van der Waals surface area contributed by atoms with Gasteiger partial charge in [-0.1, -0.05) is 26.0 Å². The third-order valence-corrected chi connectivity index (χ3v) is 6.09. The van der Waals surface area contributed by atoms with Crippen molar-refractivity contribution in [1.29, 1.82) is 0 Å². The van der Waals surface area contributed by atoms with Crippen molar-refractivity contribution < 1.29 is 23.8 Å². The van der Waals surface area contributed by atoms with E-state index in [-0.39, 0.29) is 17.3 Å². The number of hydrogen-bond donors (Lipinski definition) is 1. The Morgan fingerprint density at radius 3 is 2.53 bits per heavy atom. The second-order valence-electron chi connectivity index (χ2n) is 8.81. The lowest BCUT2D eigenvalue weighted by molar-refractivity contribution is -0.132. The van der Waals surface area contributed by atoms with Gasteiger partial charge in [-0.25, -0.2) is 0 Å².